The highest BCUT2D eigenvalue weighted by atomic mass is 32.2. The number of thioether (sulfide) groups is 1. The number of hydrogen-bond acceptors (Lipinski definition) is 4. The van der Waals surface area contributed by atoms with Gasteiger partial charge in [0.1, 0.15) is 0 Å². The first kappa shape index (κ1) is 11.1. The van der Waals surface area contributed by atoms with Gasteiger partial charge in [0, 0.05) is 5.75 Å². The van der Waals surface area contributed by atoms with Gasteiger partial charge in [-0.25, -0.2) is 0 Å². The molecule has 86 valence electrons. The Balaban J connectivity index is 1.98. The van der Waals surface area contributed by atoms with Crippen LogP contribution in [0.2, 0.25) is 0 Å². The Hall–Kier alpha value is -1.36. The summed E-state index contributed by atoms with van der Waals surface area (Å²) in [5.74, 6) is 1.36. The molecule has 0 aliphatic carbocycles. The third kappa shape index (κ3) is 2.41. The van der Waals surface area contributed by atoms with Crippen LogP contribution in [0.15, 0.2) is 18.2 Å². The minimum absolute atomic E-state index is 0.261. The number of fused-ring (bicyclic) bond motifs is 1. The fourth-order valence-corrected chi connectivity index (χ4v) is 2.09. The van der Waals surface area contributed by atoms with Gasteiger partial charge in [-0.2, -0.15) is 0 Å². The first-order valence-electron chi connectivity index (χ1n) is 4.90. The highest BCUT2D eigenvalue weighted by Crippen LogP contribution is 2.33. The average Bonchev–Trinajstić information content (AvgIpc) is 2.72. The summed E-state index contributed by atoms with van der Waals surface area (Å²) in [6.45, 7) is 1.94. The SMILES string of the molecule is CC(SCc1ccc2c(c1)OCO2)C(=O)O. The Morgan fingerprint density at radius 2 is 2.25 bits per heavy atom. The molecular weight excluding hydrogens is 228 g/mol. The lowest BCUT2D eigenvalue weighted by atomic mass is 10.2. The molecule has 0 radical (unpaired) electrons. The van der Waals surface area contributed by atoms with Gasteiger partial charge in [0.25, 0.3) is 0 Å². The van der Waals surface area contributed by atoms with Crippen molar-refractivity contribution in [2.75, 3.05) is 6.79 Å². The molecule has 0 fully saturated rings. The molecule has 1 aliphatic heterocycles. The molecule has 0 aromatic heterocycles. The van der Waals surface area contributed by atoms with E-state index in [1.54, 1.807) is 6.92 Å². The number of carbonyl (C=O) groups is 1. The topological polar surface area (TPSA) is 55.8 Å². The van der Waals surface area contributed by atoms with E-state index in [4.69, 9.17) is 14.6 Å². The van der Waals surface area contributed by atoms with Crippen LogP contribution in [0.5, 0.6) is 11.5 Å². The number of ether oxygens (including phenoxy) is 2. The first-order valence-corrected chi connectivity index (χ1v) is 5.94. The van der Waals surface area contributed by atoms with E-state index in [1.807, 2.05) is 18.2 Å². The molecule has 4 nitrogen and oxygen atoms in total. The zero-order chi connectivity index (χ0) is 11.5. The predicted octanol–water partition coefficient (Wildman–Crippen LogP) is 2.12. The molecule has 1 aromatic rings. The molecule has 1 N–H and O–H groups in total. The number of carboxylic acid groups (broad SMARTS) is 1. The van der Waals surface area contributed by atoms with Crippen LogP contribution in [0.25, 0.3) is 0 Å². The number of aliphatic carboxylic acids is 1. The molecule has 0 bridgehead atoms. The van der Waals surface area contributed by atoms with Gasteiger partial charge in [0.05, 0.1) is 5.25 Å². The molecular formula is C11H12O4S. The number of rotatable bonds is 4. The third-order valence-electron chi connectivity index (χ3n) is 2.28. The molecule has 1 unspecified atom stereocenters. The second-order valence-corrected chi connectivity index (χ2v) is 4.81. The lowest BCUT2D eigenvalue weighted by Crippen LogP contribution is -2.11. The molecule has 1 heterocycles. The van der Waals surface area contributed by atoms with E-state index >= 15 is 0 Å². The largest absolute Gasteiger partial charge is 0.480 e. The van der Waals surface area contributed by atoms with Gasteiger partial charge in [-0.05, 0) is 24.6 Å². The molecule has 0 saturated heterocycles. The summed E-state index contributed by atoms with van der Waals surface area (Å²) in [6.07, 6.45) is 0. The van der Waals surface area contributed by atoms with Crippen molar-refractivity contribution in [3.63, 3.8) is 0 Å². The lowest BCUT2D eigenvalue weighted by Gasteiger charge is -2.06. The Morgan fingerprint density at radius 3 is 3.00 bits per heavy atom. The molecule has 5 heteroatoms. The van der Waals surface area contributed by atoms with Gasteiger partial charge in [0.15, 0.2) is 11.5 Å². The van der Waals surface area contributed by atoms with Crippen molar-refractivity contribution < 1.29 is 19.4 Å². The third-order valence-corrected chi connectivity index (χ3v) is 3.49. The van der Waals surface area contributed by atoms with Crippen LogP contribution in [-0.2, 0) is 10.5 Å². The van der Waals surface area contributed by atoms with E-state index < -0.39 is 11.2 Å². The van der Waals surface area contributed by atoms with Crippen LogP contribution >= 0.6 is 11.8 Å². The van der Waals surface area contributed by atoms with Crippen molar-refractivity contribution in [3.05, 3.63) is 23.8 Å². The summed E-state index contributed by atoms with van der Waals surface area (Å²) in [7, 11) is 0. The van der Waals surface area contributed by atoms with Crippen LogP contribution in [0.3, 0.4) is 0 Å². The fraction of sp³-hybridized carbons (Fsp3) is 0.364. The van der Waals surface area contributed by atoms with E-state index in [2.05, 4.69) is 0 Å². The molecule has 2 rings (SSSR count). The minimum Gasteiger partial charge on any atom is -0.480 e. The summed E-state index contributed by atoms with van der Waals surface area (Å²) >= 11 is 1.39. The van der Waals surface area contributed by atoms with Crippen LogP contribution in [-0.4, -0.2) is 23.1 Å². The Morgan fingerprint density at radius 1 is 1.50 bits per heavy atom. The van der Waals surface area contributed by atoms with Crippen LogP contribution < -0.4 is 9.47 Å². The van der Waals surface area contributed by atoms with Gasteiger partial charge < -0.3 is 14.6 Å². The van der Waals surface area contributed by atoms with Gasteiger partial charge in [-0.15, -0.1) is 11.8 Å². The fourth-order valence-electron chi connectivity index (χ4n) is 1.32. The van der Waals surface area contributed by atoms with Crippen molar-refractivity contribution in [3.8, 4) is 11.5 Å². The molecule has 0 spiro atoms. The van der Waals surface area contributed by atoms with Gasteiger partial charge in [-0.1, -0.05) is 6.07 Å². The summed E-state index contributed by atoms with van der Waals surface area (Å²) in [5, 5.41) is 8.35. The lowest BCUT2D eigenvalue weighted by molar-refractivity contribution is -0.136. The van der Waals surface area contributed by atoms with E-state index in [0.29, 0.717) is 5.75 Å². The maximum atomic E-state index is 10.6. The first-order chi connectivity index (χ1) is 7.66. The van der Waals surface area contributed by atoms with E-state index in [0.717, 1.165) is 17.1 Å². The number of hydrogen-bond donors (Lipinski definition) is 1. The highest BCUT2D eigenvalue weighted by molar-refractivity contribution is 7.99. The maximum absolute atomic E-state index is 10.6. The molecule has 1 aromatic carbocycles. The Bertz CT molecular complexity index is 405. The average molecular weight is 240 g/mol. The van der Waals surface area contributed by atoms with Crippen molar-refractivity contribution >= 4 is 17.7 Å². The van der Waals surface area contributed by atoms with Gasteiger partial charge in [0.2, 0.25) is 6.79 Å². The van der Waals surface area contributed by atoms with Crippen LogP contribution in [0.1, 0.15) is 12.5 Å². The molecule has 0 amide bonds. The van der Waals surface area contributed by atoms with E-state index in [1.165, 1.54) is 11.8 Å². The van der Waals surface area contributed by atoms with Gasteiger partial charge in [-0.3, -0.25) is 4.79 Å². The van der Waals surface area contributed by atoms with Crippen LogP contribution in [0, 0.1) is 0 Å². The zero-order valence-electron chi connectivity index (χ0n) is 8.80. The normalized spacial score (nSPS) is 14.8. The summed E-state index contributed by atoms with van der Waals surface area (Å²) in [5.41, 5.74) is 1.04. The number of benzene rings is 1. The van der Waals surface area contributed by atoms with Crippen molar-refractivity contribution in [1.29, 1.82) is 0 Å². The van der Waals surface area contributed by atoms with E-state index in [9.17, 15) is 4.79 Å². The maximum Gasteiger partial charge on any atom is 0.316 e. The monoisotopic (exact) mass is 240 g/mol. The smallest absolute Gasteiger partial charge is 0.316 e. The number of carboxylic acids is 1. The molecule has 1 aliphatic rings. The zero-order valence-corrected chi connectivity index (χ0v) is 9.62. The molecule has 0 saturated carbocycles. The second kappa shape index (κ2) is 4.65. The second-order valence-electron chi connectivity index (χ2n) is 3.48. The van der Waals surface area contributed by atoms with Crippen molar-refractivity contribution in [2.45, 2.75) is 17.9 Å². The Labute approximate surface area is 97.6 Å². The highest BCUT2D eigenvalue weighted by Gasteiger charge is 2.15. The Kier molecular flexibility index (Phi) is 3.24. The quantitative estimate of drug-likeness (QED) is 0.873. The van der Waals surface area contributed by atoms with E-state index in [-0.39, 0.29) is 6.79 Å². The standard InChI is InChI=1S/C11H12O4S/c1-7(11(12)13)16-5-8-2-3-9-10(4-8)15-6-14-9/h2-4,7H,5-6H2,1H3,(H,12,13). The van der Waals surface area contributed by atoms with Crippen molar-refractivity contribution in [2.24, 2.45) is 0 Å². The van der Waals surface area contributed by atoms with Crippen LogP contribution in [0.4, 0.5) is 0 Å². The molecule has 16 heavy (non-hydrogen) atoms. The van der Waals surface area contributed by atoms with Crippen molar-refractivity contribution in [1.82, 2.24) is 0 Å². The predicted molar refractivity (Wildman–Crippen MR) is 61.0 cm³/mol. The summed E-state index contributed by atoms with van der Waals surface area (Å²) in [4.78, 5) is 10.6. The van der Waals surface area contributed by atoms with Gasteiger partial charge >= 0.3 is 5.97 Å². The minimum atomic E-state index is -0.786. The molecule has 1 atom stereocenters. The summed E-state index contributed by atoms with van der Waals surface area (Å²) < 4.78 is 10.4. The summed E-state index contributed by atoms with van der Waals surface area (Å²) in [6, 6.07) is 5.67.